The van der Waals surface area contributed by atoms with Crippen molar-refractivity contribution in [2.24, 2.45) is 11.8 Å². The predicted octanol–water partition coefficient (Wildman–Crippen LogP) is 1.05. The van der Waals surface area contributed by atoms with Crippen molar-refractivity contribution in [1.82, 2.24) is 19.7 Å². The molecule has 1 saturated carbocycles. The lowest BCUT2D eigenvalue weighted by Crippen LogP contribution is -2.25. The fraction of sp³-hybridized carbons (Fsp3) is 0.471. The molecule has 2 aromatic heterocycles. The Balaban J connectivity index is 1.54. The van der Waals surface area contributed by atoms with Gasteiger partial charge < -0.3 is 14.7 Å². The lowest BCUT2D eigenvalue weighted by molar-refractivity contribution is 0.0525. The maximum atomic E-state index is 11.7. The summed E-state index contributed by atoms with van der Waals surface area (Å²) in [6.45, 7) is 3.95. The summed E-state index contributed by atoms with van der Waals surface area (Å²) in [5, 5.41) is 13.6. The van der Waals surface area contributed by atoms with Gasteiger partial charge in [0.25, 0.3) is 0 Å². The average Bonchev–Trinajstić information content (AvgIpc) is 3.02. The molecule has 2 atom stereocenters. The molecular weight excluding hydrogens is 338 g/mol. The van der Waals surface area contributed by atoms with E-state index < -0.39 is 11.9 Å². The number of hydrogen-bond acceptors (Lipinski definition) is 7. The highest BCUT2D eigenvalue weighted by Crippen LogP contribution is 2.45. The zero-order chi connectivity index (χ0) is 18.3. The van der Waals surface area contributed by atoms with E-state index in [0.717, 1.165) is 13.1 Å². The molecule has 136 valence electrons. The fourth-order valence-electron chi connectivity index (χ4n) is 3.36. The van der Waals surface area contributed by atoms with Crippen molar-refractivity contribution in [1.29, 1.82) is 0 Å². The monoisotopic (exact) mass is 357 g/mol. The highest BCUT2D eigenvalue weighted by atomic mass is 16.5. The van der Waals surface area contributed by atoms with E-state index in [4.69, 9.17) is 4.74 Å². The molecule has 1 aliphatic carbocycles. The van der Waals surface area contributed by atoms with Crippen molar-refractivity contribution >= 4 is 17.9 Å². The molecule has 2 unspecified atom stereocenters. The summed E-state index contributed by atoms with van der Waals surface area (Å²) >= 11 is 0. The van der Waals surface area contributed by atoms with Crippen LogP contribution in [-0.4, -0.2) is 56.5 Å². The number of carbonyl (C=O) groups is 2. The Labute approximate surface area is 149 Å². The number of aromatic carboxylic acids is 1. The minimum atomic E-state index is -1.11. The second-order valence-corrected chi connectivity index (χ2v) is 6.66. The molecule has 2 aliphatic rings. The van der Waals surface area contributed by atoms with Gasteiger partial charge in [-0.1, -0.05) is 0 Å². The third-order valence-corrected chi connectivity index (χ3v) is 4.79. The van der Waals surface area contributed by atoms with Gasteiger partial charge in [0.1, 0.15) is 0 Å². The Hall–Kier alpha value is -2.97. The van der Waals surface area contributed by atoms with Gasteiger partial charge in [0.2, 0.25) is 5.95 Å². The largest absolute Gasteiger partial charge is 0.476 e. The molecule has 4 rings (SSSR count). The number of piperidine rings is 1. The molecule has 26 heavy (non-hydrogen) atoms. The summed E-state index contributed by atoms with van der Waals surface area (Å²) in [5.41, 5.74) is 0.713. The lowest BCUT2D eigenvalue weighted by Gasteiger charge is -2.18. The number of anilines is 1. The molecule has 0 radical (unpaired) electrons. The number of hydrogen-bond donors (Lipinski definition) is 1. The number of nitrogens with zero attached hydrogens (tertiary/aromatic N) is 5. The SMILES string of the molecule is CCOC(=O)c1cnn(Cc2cnc(N3CC4CC4C3)nc2C(=O)O)c1. The van der Waals surface area contributed by atoms with Gasteiger partial charge in [-0.05, 0) is 25.2 Å². The molecule has 0 amide bonds. The van der Waals surface area contributed by atoms with E-state index in [1.54, 1.807) is 6.92 Å². The van der Waals surface area contributed by atoms with Crippen LogP contribution in [0.1, 0.15) is 39.8 Å². The Morgan fingerprint density at radius 2 is 2.08 bits per heavy atom. The number of carboxylic acid groups (broad SMARTS) is 1. The van der Waals surface area contributed by atoms with Gasteiger partial charge in [-0.25, -0.2) is 19.6 Å². The molecule has 3 heterocycles. The van der Waals surface area contributed by atoms with Crippen LogP contribution in [0.2, 0.25) is 0 Å². The number of carbonyl (C=O) groups excluding carboxylic acids is 1. The summed E-state index contributed by atoms with van der Waals surface area (Å²) in [4.78, 5) is 34.0. The summed E-state index contributed by atoms with van der Waals surface area (Å²) in [7, 11) is 0. The predicted molar refractivity (Wildman–Crippen MR) is 90.1 cm³/mol. The van der Waals surface area contributed by atoms with Crippen LogP contribution in [0.3, 0.4) is 0 Å². The Morgan fingerprint density at radius 3 is 2.77 bits per heavy atom. The van der Waals surface area contributed by atoms with Gasteiger partial charge in [0.15, 0.2) is 5.69 Å². The summed E-state index contributed by atoms with van der Waals surface area (Å²) in [5.74, 6) is 0.307. The maximum absolute atomic E-state index is 11.7. The summed E-state index contributed by atoms with van der Waals surface area (Å²) < 4.78 is 6.40. The zero-order valence-electron chi connectivity index (χ0n) is 14.3. The maximum Gasteiger partial charge on any atom is 0.355 e. The highest BCUT2D eigenvalue weighted by Gasteiger charge is 2.45. The van der Waals surface area contributed by atoms with Crippen LogP contribution in [0.5, 0.6) is 0 Å². The van der Waals surface area contributed by atoms with Crippen molar-refractivity contribution < 1.29 is 19.4 Å². The number of ether oxygens (including phenoxy) is 1. The highest BCUT2D eigenvalue weighted by molar-refractivity contribution is 5.89. The molecule has 2 aromatic rings. The van der Waals surface area contributed by atoms with Gasteiger partial charge in [-0.2, -0.15) is 5.10 Å². The molecule has 0 spiro atoms. The minimum Gasteiger partial charge on any atom is -0.476 e. The molecule has 1 aliphatic heterocycles. The third kappa shape index (κ3) is 3.12. The fourth-order valence-corrected chi connectivity index (χ4v) is 3.36. The van der Waals surface area contributed by atoms with Crippen LogP contribution in [0.15, 0.2) is 18.6 Å². The second-order valence-electron chi connectivity index (χ2n) is 6.66. The first-order valence-electron chi connectivity index (χ1n) is 8.59. The smallest absolute Gasteiger partial charge is 0.355 e. The van der Waals surface area contributed by atoms with E-state index in [0.29, 0.717) is 28.9 Å². The zero-order valence-corrected chi connectivity index (χ0v) is 14.3. The molecule has 1 N–H and O–H groups in total. The van der Waals surface area contributed by atoms with E-state index in [1.807, 2.05) is 4.90 Å². The molecule has 2 fully saturated rings. The van der Waals surface area contributed by atoms with Crippen molar-refractivity contribution in [2.45, 2.75) is 19.9 Å². The Morgan fingerprint density at radius 1 is 1.31 bits per heavy atom. The molecule has 9 nitrogen and oxygen atoms in total. The van der Waals surface area contributed by atoms with Crippen LogP contribution in [-0.2, 0) is 11.3 Å². The Bertz CT molecular complexity index is 855. The normalized spacial score (nSPS) is 20.7. The quantitative estimate of drug-likeness (QED) is 0.764. The van der Waals surface area contributed by atoms with E-state index in [2.05, 4.69) is 15.1 Å². The molecule has 1 saturated heterocycles. The second kappa shape index (κ2) is 6.40. The van der Waals surface area contributed by atoms with Gasteiger partial charge in [0, 0.05) is 31.0 Å². The van der Waals surface area contributed by atoms with E-state index >= 15 is 0 Å². The van der Waals surface area contributed by atoms with Crippen molar-refractivity contribution in [3.8, 4) is 0 Å². The van der Waals surface area contributed by atoms with Crippen LogP contribution in [0.4, 0.5) is 5.95 Å². The van der Waals surface area contributed by atoms with Crippen LogP contribution >= 0.6 is 0 Å². The standard InChI is InChI=1S/C17H19N5O4/c1-2-26-16(25)13-5-19-22(9-13)8-12-4-18-17(20-14(12)15(23)24)21-6-10-3-11(10)7-21/h4-5,9-11H,2-3,6-8H2,1H3,(H,23,24). The van der Waals surface area contributed by atoms with Crippen LogP contribution in [0.25, 0.3) is 0 Å². The number of rotatable bonds is 6. The molecular formula is C17H19N5O4. The average molecular weight is 357 g/mol. The van der Waals surface area contributed by atoms with E-state index in [9.17, 15) is 14.7 Å². The van der Waals surface area contributed by atoms with Gasteiger partial charge in [0.05, 0.1) is 24.9 Å². The number of aromatic nitrogens is 4. The first-order valence-corrected chi connectivity index (χ1v) is 8.59. The van der Waals surface area contributed by atoms with Gasteiger partial charge in [-0.3, -0.25) is 4.68 Å². The number of esters is 1. The lowest BCUT2D eigenvalue weighted by atomic mass is 10.2. The topological polar surface area (TPSA) is 110 Å². The first kappa shape index (κ1) is 16.5. The van der Waals surface area contributed by atoms with Crippen LogP contribution < -0.4 is 4.90 Å². The number of carboxylic acids is 1. The minimum absolute atomic E-state index is 0.0382. The van der Waals surface area contributed by atoms with E-state index in [-0.39, 0.29) is 18.8 Å². The van der Waals surface area contributed by atoms with Crippen molar-refractivity contribution in [3.63, 3.8) is 0 Å². The number of fused-ring (bicyclic) bond motifs is 1. The van der Waals surface area contributed by atoms with Crippen molar-refractivity contribution in [2.75, 3.05) is 24.6 Å². The van der Waals surface area contributed by atoms with E-state index in [1.165, 1.54) is 29.7 Å². The van der Waals surface area contributed by atoms with Gasteiger partial charge >= 0.3 is 11.9 Å². The molecule has 0 bridgehead atoms. The van der Waals surface area contributed by atoms with Crippen molar-refractivity contribution in [3.05, 3.63) is 35.4 Å². The molecule has 9 heteroatoms. The first-order chi connectivity index (χ1) is 12.5. The Kier molecular flexibility index (Phi) is 4.06. The van der Waals surface area contributed by atoms with Gasteiger partial charge in [-0.15, -0.1) is 0 Å². The molecule has 0 aromatic carbocycles. The summed E-state index contributed by atoms with van der Waals surface area (Å²) in [6.07, 6.45) is 5.69. The third-order valence-electron chi connectivity index (χ3n) is 4.79. The summed E-state index contributed by atoms with van der Waals surface area (Å²) in [6, 6.07) is 0. The van der Waals surface area contributed by atoms with Crippen LogP contribution in [0, 0.1) is 11.8 Å².